The smallest absolute Gasteiger partial charge is 0.261 e. The number of aryl methyl sites for hydroxylation is 2. The maximum Gasteiger partial charge on any atom is 0.261 e. The molecule has 0 aliphatic carbocycles. The summed E-state index contributed by atoms with van der Waals surface area (Å²) < 4.78 is 0. The summed E-state index contributed by atoms with van der Waals surface area (Å²) in [6.45, 7) is 5.81. The van der Waals surface area contributed by atoms with Crippen molar-refractivity contribution < 1.29 is 9.69 Å². The van der Waals surface area contributed by atoms with Gasteiger partial charge in [0.25, 0.3) is 5.91 Å². The van der Waals surface area contributed by atoms with Crippen LogP contribution in [0.3, 0.4) is 0 Å². The standard InChI is InChI=1S/C19H26N2OS/c1-5-8-15-11-18(23-14(15)2)19(22)20-12-16-9-6-7-10-17(16)13-21(3)4/h6-7,9-11H,5,8,12-13H2,1-4H3,(H,20,22)/p+1. The molecule has 0 bridgehead atoms. The number of carbonyl (C=O) groups is 1. The highest BCUT2D eigenvalue weighted by Crippen LogP contribution is 2.23. The SMILES string of the molecule is CCCc1cc(C(=O)NCc2ccccc2C[NH+](C)C)sc1C. The number of carbonyl (C=O) groups excluding carboxylic acids is 1. The van der Waals surface area contributed by atoms with Gasteiger partial charge in [0, 0.05) is 17.0 Å². The molecule has 1 heterocycles. The molecule has 3 nitrogen and oxygen atoms in total. The quantitative estimate of drug-likeness (QED) is 0.803. The molecule has 0 aliphatic heterocycles. The highest BCUT2D eigenvalue weighted by Gasteiger charge is 2.13. The minimum atomic E-state index is 0.0347. The van der Waals surface area contributed by atoms with E-state index in [9.17, 15) is 4.79 Å². The number of quaternary nitrogens is 1. The predicted molar refractivity (Wildman–Crippen MR) is 97.2 cm³/mol. The zero-order valence-electron chi connectivity index (χ0n) is 14.5. The van der Waals surface area contributed by atoms with Crippen molar-refractivity contribution in [3.63, 3.8) is 0 Å². The van der Waals surface area contributed by atoms with Gasteiger partial charge in [-0.05, 0) is 30.5 Å². The van der Waals surface area contributed by atoms with Crippen molar-refractivity contribution in [3.8, 4) is 0 Å². The van der Waals surface area contributed by atoms with Crippen LogP contribution in [0.1, 0.15) is 44.6 Å². The molecular formula is C19H27N2OS+. The van der Waals surface area contributed by atoms with Crippen molar-refractivity contribution in [3.05, 3.63) is 56.8 Å². The van der Waals surface area contributed by atoms with Crippen LogP contribution in [0.4, 0.5) is 0 Å². The first kappa shape index (κ1) is 17.7. The molecule has 0 spiro atoms. The lowest BCUT2D eigenvalue weighted by molar-refractivity contribution is -0.872. The molecule has 1 aromatic heterocycles. The van der Waals surface area contributed by atoms with Gasteiger partial charge in [0.2, 0.25) is 0 Å². The molecule has 0 saturated carbocycles. The van der Waals surface area contributed by atoms with E-state index in [1.165, 1.54) is 26.5 Å². The van der Waals surface area contributed by atoms with E-state index < -0.39 is 0 Å². The maximum absolute atomic E-state index is 12.4. The maximum atomic E-state index is 12.4. The van der Waals surface area contributed by atoms with Crippen molar-refractivity contribution in [2.24, 2.45) is 0 Å². The molecule has 23 heavy (non-hydrogen) atoms. The highest BCUT2D eigenvalue weighted by molar-refractivity contribution is 7.14. The monoisotopic (exact) mass is 331 g/mol. The molecule has 1 aromatic carbocycles. The molecule has 0 unspecified atom stereocenters. The molecule has 2 N–H and O–H groups in total. The van der Waals surface area contributed by atoms with E-state index in [1.54, 1.807) is 11.3 Å². The van der Waals surface area contributed by atoms with Crippen LogP contribution in [0.25, 0.3) is 0 Å². The first-order valence-electron chi connectivity index (χ1n) is 8.24. The Morgan fingerprint density at radius 3 is 2.52 bits per heavy atom. The second-order valence-electron chi connectivity index (χ2n) is 6.28. The van der Waals surface area contributed by atoms with Crippen LogP contribution in [-0.4, -0.2) is 20.0 Å². The van der Waals surface area contributed by atoms with Crippen molar-refractivity contribution in [1.82, 2.24) is 5.32 Å². The Morgan fingerprint density at radius 2 is 1.87 bits per heavy atom. The van der Waals surface area contributed by atoms with E-state index in [-0.39, 0.29) is 5.91 Å². The van der Waals surface area contributed by atoms with Crippen molar-refractivity contribution in [2.45, 2.75) is 39.8 Å². The fourth-order valence-corrected chi connectivity index (χ4v) is 3.68. The number of rotatable bonds is 7. The van der Waals surface area contributed by atoms with Gasteiger partial charge in [-0.15, -0.1) is 11.3 Å². The number of benzene rings is 1. The molecule has 0 aliphatic rings. The minimum absolute atomic E-state index is 0.0347. The number of hydrogen-bond donors (Lipinski definition) is 2. The van der Waals surface area contributed by atoms with Gasteiger partial charge in [-0.1, -0.05) is 37.6 Å². The summed E-state index contributed by atoms with van der Waals surface area (Å²) in [5.74, 6) is 0.0347. The van der Waals surface area contributed by atoms with Gasteiger partial charge < -0.3 is 10.2 Å². The summed E-state index contributed by atoms with van der Waals surface area (Å²) in [4.78, 5) is 15.9. The van der Waals surface area contributed by atoms with Gasteiger partial charge in [0.1, 0.15) is 6.54 Å². The highest BCUT2D eigenvalue weighted by atomic mass is 32.1. The second kappa shape index (κ2) is 8.27. The summed E-state index contributed by atoms with van der Waals surface area (Å²) >= 11 is 1.60. The predicted octanol–water partition coefficient (Wildman–Crippen LogP) is 2.58. The van der Waals surface area contributed by atoms with Crippen LogP contribution in [0.2, 0.25) is 0 Å². The van der Waals surface area contributed by atoms with Gasteiger partial charge in [0.05, 0.1) is 19.0 Å². The van der Waals surface area contributed by atoms with E-state index in [4.69, 9.17) is 0 Å². The third-order valence-corrected chi connectivity index (χ3v) is 4.96. The molecule has 124 valence electrons. The van der Waals surface area contributed by atoms with E-state index >= 15 is 0 Å². The average molecular weight is 332 g/mol. The number of nitrogens with one attached hydrogen (secondary N) is 2. The fourth-order valence-electron chi connectivity index (χ4n) is 2.70. The normalized spacial score (nSPS) is 11.0. The first-order valence-corrected chi connectivity index (χ1v) is 9.06. The summed E-state index contributed by atoms with van der Waals surface area (Å²) in [5.41, 5.74) is 3.80. The molecular weight excluding hydrogens is 304 g/mol. The Morgan fingerprint density at radius 1 is 1.17 bits per heavy atom. The van der Waals surface area contributed by atoms with Crippen LogP contribution in [0, 0.1) is 6.92 Å². The van der Waals surface area contributed by atoms with Gasteiger partial charge in [0.15, 0.2) is 0 Å². The molecule has 2 aromatic rings. The Bertz CT molecular complexity index is 661. The summed E-state index contributed by atoms with van der Waals surface area (Å²) in [6, 6.07) is 10.4. The Hall–Kier alpha value is -1.65. The number of hydrogen-bond acceptors (Lipinski definition) is 2. The van der Waals surface area contributed by atoms with Crippen molar-refractivity contribution in [2.75, 3.05) is 14.1 Å². The lowest BCUT2D eigenvalue weighted by atomic mass is 10.1. The molecule has 0 fully saturated rings. The first-order chi connectivity index (χ1) is 11.0. The zero-order chi connectivity index (χ0) is 16.8. The molecule has 1 amide bonds. The summed E-state index contributed by atoms with van der Waals surface area (Å²) in [5, 5.41) is 3.07. The van der Waals surface area contributed by atoms with Gasteiger partial charge in [-0.25, -0.2) is 0 Å². The minimum Gasteiger partial charge on any atom is -0.347 e. The molecule has 4 heteroatoms. The van der Waals surface area contributed by atoms with Crippen molar-refractivity contribution >= 4 is 17.2 Å². The molecule has 2 rings (SSSR count). The zero-order valence-corrected chi connectivity index (χ0v) is 15.3. The lowest BCUT2D eigenvalue weighted by Gasteiger charge is -2.12. The molecule has 0 atom stereocenters. The van der Waals surface area contributed by atoms with Crippen LogP contribution < -0.4 is 10.2 Å². The average Bonchev–Trinajstić information content (AvgIpc) is 2.87. The van der Waals surface area contributed by atoms with Gasteiger partial charge in [-0.3, -0.25) is 4.79 Å². The van der Waals surface area contributed by atoms with Gasteiger partial charge in [-0.2, -0.15) is 0 Å². The van der Waals surface area contributed by atoms with Crippen LogP contribution in [-0.2, 0) is 19.5 Å². The van der Waals surface area contributed by atoms with Crippen LogP contribution in [0.15, 0.2) is 30.3 Å². The topological polar surface area (TPSA) is 33.5 Å². The van der Waals surface area contributed by atoms with E-state index in [1.807, 2.05) is 6.07 Å². The molecule has 0 radical (unpaired) electrons. The summed E-state index contributed by atoms with van der Waals surface area (Å²) in [7, 11) is 4.28. The van der Waals surface area contributed by atoms with Crippen LogP contribution >= 0.6 is 11.3 Å². The van der Waals surface area contributed by atoms with E-state index in [2.05, 4.69) is 57.5 Å². The third kappa shape index (κ3) is 4.91. The Labute approximate surface area is 143 Å². The van der Waals surface area contributed by atoms with Crippen molar-refractivity contribution in [1.29, 1.82) is 0 Å². The van der Waals surface area contributed by atoms with E-state index in [0.29, 0.717) is 6.54 Å². The fraction of sp³-hybridized carbons (Fsp3) is 0.421. The Kier molecular flexibility index (Phi) is 6.37. The Balaban J connectivity index is 2.03. The largest absolute Gasteiger partial charge is 0.347 e. The second-order valence-corrected chi connectivity index (χ2v) is 7.53. The number of amides is 1. The summed E-state index contributed by atoms with van der Waals surface area (Å²) in [6.07, 6.45) is 2.16. The van der Waals surface area contributed by atoms with Crippen LogP contribution in [0.5, 0.6) is 0 Å². The molecule has 0 saturated heterocycles. The van der Waals surface area contributed by atoms with Gasteiger partial charge >= 0.3 is 0 Å². The number of thiophene rings is 1. The van der Waals surface area contributed by atoms with E-state index in [0.717, 1.165) is 24.3 Å². The lowest BCUT2D eigenvalue weighted by Crippen LogP contribution is -3.04. The third-order valence-electron chi connectivity index (χ3n) is 3.87.